The second-order valence-corrected chi connectivity index (χ2v) is 7.50. The number of carbonyl (C=O) groups excluding carboxylic acids is 2. The third-order valence-corrected chi connectivity index (χ3v) is 3.65. The predicted octanol–water partition coefficient (Wildman–Crippen LogP) is 0.933. The standard InChI is InChI=1S/C17H33N5O3/c1-12(2)14(23)19-8-9-20-15(18-6)22-10-7-13(11-22)21-16(24)25-17(3,4)5/h12-13H,7-11H2,1-6H3,(H,18,20)(H,19,23)(H,21,24). The van der Waals surface area contributed by atoms with Gasteiger partial charge in [-0.05, 0) is 27.2 Å². The third kappa shape index (κ3) is 8.09. The average Bonchev–Trinajstić information content (AvgIpc) is 2.93. The molecule has 0 spiro atoms. The first-order chi connectivity index (χ1) is 11.6. The van der Waals surface area contributed by atoms with Gasteiger partial charge in [0.15, 0.2) is 5.96 Å². The van der Waals surface area contributed by atoms with E-state index in [1.807, 2.05) is 34.6 Å². The summed E-state index contributed by atoms with van der Waals surface area (Å²) in [5.74, 6) is 0.796. The summed E-state index contributed by atoms with van der Waals surface area (Å²) < 4.78 is 5.29. The fourth-order valence-corrected chi connectivity index (χ4v) is 2.44. The first-order valence-electron chi connectivity index (χ1n) is 8.85. The molecule has 1 aliphatic heterocycles. The second kappa shape index (κ2) is 9.48. The Morgan fingerprint density at radius 3 is 2.44 bits per heavy atom. The number of guanidine groups is 1. The second-order valence-electron chi connectivity index (χ2n) is 7.50. The molecule has 8 heteroatoms. The molecule has 0 radical (unpaired) electrons. The Hall–Kier alpha value is -1.99. The van der Waals surface area contributed by atoms with Gasteiger partial charge < -0.3 is 25.6 Å². The van der Waals surface area contributed by atoms with Crippen LogP contribution in [-0.2, 0) is 9.53 Å². The van der Waals surface area contributed by atoms with Crippen LogP contribution >= 0.6 is 0 Å². The van der Waals surface area contributed by atoms with E-state index in [-0.39, 0.29) is 17.9 Å². The molecule has 0 aromatic rings. The van der Waals surface area contributed by atoms with Crippen LogP contribution in [0, 0.1) is 5.92 Å². The van der Waals surface area contributed by atoms with Crippen molar-refractivity contribution in [3.63, 3.8) is 0 Å². The molecular weight excluding hydrogens is 322 g/mol. The van der Waals surface area contributed by atoms with E-state index in [2.05, 4.69) is 25.8 Å². The van der Waals surface area contributed by atoms with Crippen molar-refractivity contribution in [3.8, 4) is 0 Å². The highest BCUT2D eigenvalue weighted by Crippen LogP contribution is 2.11. The summed E-state index contributed by atoms with van der Waals surface area (Å²) >= 11 is 0. The van der Waals surface area contributed by atoms with Crippen LogP contribution in [0.3, 0.4) is 0 Å². The maximum Gasteiger partial charge on any atom is 0.407 e. The molecule has 2 amide bonds. The van der Waals surface area contributed by atoms with Crippen molar-refractivity contribution in [1.29, 1.82) is 0 Å². The number of hydrogen-bond acceptors (Lipinski definition) is 4. The van der Waals surface area contributed by atoms with Gasteiger partial charge in [-0.2, -0.15) is 0 Å². The third-order valence-electron chi connectivity index (χ3n) is 3.65. The number of alkyl carbamates (subject to hydrolysis) is 1. The molecule has 1 saturated heterocycles. The van der Waals surface area contributed by atoms with E-state index in [9.17, 15) is 9.59 Å². The summed E-state index contributed by atoms with van der Waals surface area (Å²) in [6, 6.07) is 0.0362. The number of hydrogen-bond donors (Lipinski definition) is 3. The molecule has 1 rings (SSSR count). The first kappa shape index (κ1) is 21.1. The lowest BCUT2D eigenvalue weighted by atomic mass is 10.2. The Morgan fingerprint density at radius 1 is 1.24 bits per heavy atom. The highest BCUT2D eigenvalue weighted by molar-refractivity contribution is 5.81. The van der Waals surface area contributed by atoms with Gasteiger partial charge in [-0.15, -0.1) is 0 Å². The molecule has 0 aromatic carbocycles. The van der Waals surface area contributed by atoms with E-state index in [1.54, 1.807) is 7.05 Å². The van der Waals surface area contributed by atoms with Gasteiger partial charge in [0.1, 0.15) is 5.60 Å². The van der Waals surface area contributed by atoms with Crippen LogP contribution < -0.4 is 16.0 Å². The van der Waals surface area contributed by atoms with Gasteiger partial charge in [-0.25, -0.2) is 4.79 Å². The molecule has 144 valence electrons. The largest absolute Gasteiger partial charge is 0.444 e. The van der Waals surface area contributed by atoms with Gasteiger partial charge in [0, 0.05) is 39.1 Å². The average molecular weight is 355 g/mol. The fraction of sp³-hybridized carbons (Fsp3) is 0.824. The van der Waals surface area contributed by atoms with Crippen LogP contribution in [0.25, 0.3) is 0 Å². The number of rotatable bonds is 5. The highest BCUT2D eigenvalue weighted by atomic mass is 16.6. The lowest BCUT2D eigenvalue weighted by Gasteiger charge is -2.23. The molecule has 1 aliphatic rings. The maximum absolute atomic E-state index is 11.9. The molecule has 3 N–H and O–H groups in total. The van der Waals surface area contributed by atoms with E-state index in [4.69, 9.17) is 4.74 Å². The summed E-state index contributed by atoms with van der Waals surface area (Å²) in [4.78, 5) is 29.7. The van der Waals surface area contributed by atoms with Crippen molar-refractivity contribution in [2.24, 2.45) is 10.9 Å². The molecular formula is C17H33N5O3. The summed E-state index contributed by atoms with van der Waals surface area (Å²) in [6.45, 7) is 11.9. The van der Waals surface area contributed by atoms with Crippen molar-refractivity contribution in [2.75, 3.05) is 33.2 Å². The quantitative estimate of drug-likeness (QED) is 0.387. The minimum atomic E-state index is -0.500. The lowest BCUT2D eigenvalue weighted by Crippen LogP contribution is -2.45. The number of carbonyl (C=O) groups is 2. The first-order valence-corrected chi connectivity index (χ1v) is 8.85. The van der Waals surface area contributed by atoms with Gasteiger partial charge in [0.05, 0.1) is 6.04 Å². The van der Waals surface area contributed by atoms with Gasteiger partial charge in [0.2, 0.25) is 5.91 Å². The van der Waals surface area contributed by atoms with Crippen molar-refractivity contribution < 1.29 is 14.3 Å². The van der Waals surface area contributed by atoms with Crippen LogP contribution in [0.15, 0.2) is 4.99 Å². The van der Waals surface area contributed by atoms with Crippen molar-refractivity contribution in [2.45, 2.75) is 52.7 Å². The van der Waals surface area contributed by atoms with Gasteiger partial charge in [0.25, 0.3) is 0 Å². The van der Waals surface area contributed by atoms with Crippen LogP contribution in [0.5, 0.6) is 0 Å². The number of ether oxygens (including phenoxy) is 1. The zero-order chi connectivity index (χ0) is 19.0. The minimum absolute atomic E-state index is 0.0161. The number of amides is 2. The van der Waals surface area contributed by atoms with Crippen LogP contribution in [0.1, 0.15) is 41.0 Å². The highest BCUT2D eigenvalue weighted by Gasteiger charge is 2.27. The summed E-state index contributed by atoms with van der Waals surface area (Å²) in [7, 11) is 1.73. The van der Waals surface area contributed by atoms with E-state index >= 15 is 0 Å². The number of aliphatic imine (C=N–C) groups is 1. The summed E-state index contributed by atoms with van der Waals surface area (Å²) in [5, 5.41) is 8.99. The topological polar surface area (TPSA) is 95.1 Å². The van der Waals surface area contributed by atoms with Gasteiger partial charge >= 0.3 is 6.09 Å². The predicted molar refractivity (Wildman–Crippen MR) is 98.6 cm³/mol. The molecule has 0 saturated carbocycles. The Kier molecular flexibility index (Phi) is 7.99. The lowest BCUT2D eigenvalue weighted by molar-refractivity contribution is -0.123. The molecule has 25 heavy (non-hydrogen) atoms. The van der Waals surface area contributed by atoms with Crippen molar-refractivity contribution in [3.05, 3.63) is 0 Å². The monoisotopic (exact) mass is 355 g/mol. The smallest absolute Gasteiger partial charge is 0.407 e. The summed E-state index contributed by atoms with van der Waals surface area (Å²) in [5.41, 5.74) is -0.500. The van der Waals surface area contributed by atoms with Crippen molar-refractivity contribution >= 4 is 18.0 Å². The van der Waals surface area contributed by atoms with E-state index in [0.29, 0.717) is 19.6 Å². The van der Waals surface area contributed by atoms with E-state index in [1.165, 1.54) is 0 Å². The molecule has 1 unspecified atom stereocenters. The SMILES string of the molecule is CN=C(NCCNC(=O)C(C)C)N1CCC(NC(=O)OC(C)(C)C)C1. The van der Waals surface area contributed by atoms with E-state index in [0.717, 1.165) is 18.9 Å². The molecule has 1 fully saturated rings. The van der Waals surface area contributed by atoms with Crippen LogP contribution in [0.2, 0.25) is 0 Å². The zero-order valence-corrected chi connectivity index (χ0v) is 16.3. The fourth-order valence-electron chi connectivity index (χ4n) is 2.44. The Morgan fingerprint density at radius 2 is 1.88 bits per heavy atom. The van der Waals surface area contributed by atoms with Gasteiger partial charge in [-0.3, -0.25) is 9.79 Å². The van der Waals surface area contributed by atoms with Crippen LogP contribution in [-0.4, -0.2) is 67.7 Å². The minimum Gasteiger partial charge on any atom is -0.444 e. The molecule has 1 heterocycles. The van der Waals surface area contributed by atoms with Gasteiger partial charge in [-0.1, -0.05) is 13.8 Å². The molecule has 1 atom stereocenters. The van der Waals surface area contributed by atoms with E-state index < -0.39 is 11.7 Å². The summed E-state index contributed by atoms with van der Waals surface area (Å²) in [6.07, 6.45) is 0.447. The number of nitrogens with one attached hydrogen (secondary N) is 3. The van der Waals surface area contributed by atoms with Crippen LogP contribution in [0.4, 0.5) is 4.79 Å². The number of likely N-dealkylation sites (tertiary alicyclic amines) is 1. The maximum atomic E-state index is 11.9. The molecule has 8 nitrogen and oxygen atoms in total. The Bertz CT molecular complexity index is 485. The Labute approximate surface area is 150 Å². The molecule has 0 bridgehead atoms. The molecule has 0 aliphatic carbocycles. The zero-order valence-electron chi connectivity index (χ0n) is 16.3. The Balaban J connectivity index is 2.35. The van der Waals surface area contributed by atoms with Crippen molar-refractivity contribution in [1.82, 2.24) is 20.9 Å². The number of nitrogens with zero attached hydrogens (tertiary/aromatic N) is 2. The normalized spacial score (nSPS) is 18.3. The molecule has 0 aromatic heterocycles.